The predicted molar refractivity (Wildman–Crippen MR) is 80.9 cm³/mol. The number of carbonyl (C=O) groups excluding carboxylic acids is 1. The molecule has 0 aromatic heterocycles. The van der Waals surface area contributed by atoms with E-state index in [1.54, 1.807) is 0 Å². The minimum atomic E-state index is -5.36. The van der Waals surface area contributed by atoms with Crippen molar-refractivity contribution in [2.24, 2.45) is 0 Å². The van der Waals surface area contributed by atoms with Crippen LogP contribution in [0.1, 0.15) is 21.8 Å². The molecule has 148 valence electrons. The van der Waals surface area contributed by atoms with Gasteiger partial charge < -0.3 is 49.5 Å². The largest absolute Gasteiger partial charge is 1.00 e. The van der Waals surface area contributed by atoms with E-state index in [-0.39, 0.29) is 80.8 Å². The molecule has 0 saturated heterocycles. The zero-order chi connectivity index (χ0) is 19.7. The second-order valence-corrected chi connectivity index (χ2v) is 7.61. The van der Waals surface area contributed by atoms with E-state index in [0.717, 1.165) is 0 Å². The topological polar surface area (TPSA) is 198 Å². The average molecular weight is 443 g/mol. The summed E-state index contributed by atoms with van der Waals surface area (Å²) in [5.41, 5.74) is -0.215. The van der Waals surface area contributed by atoms with Crippen LogP contribution in [0.4, 0.5) is 0 Å². The molecule has 1 amide bonds. The van der Waals surface area contributed by atoms with Crippen LogP contribution in [0.25, 0.3) is 0 Å². The molecule has 0 radical (unpaired) electrons. The van der Waals surface area contributed by atoms with Crippen LogP contribution in [0.3, 0.4) is 0 Å². The van der Waals surface area contributed by atoms with Crippen LogP contribution in [0, 0.1) is 0 Å². The number of aliphatic hydroxyl groups is 3. The average Bonchev–Trinajstić information content (AvgIpc) is 3.04. The van der Waals surface area contributed by atoms with Gasteiger partial charge in [-0.05, 0) is 11.6 Å². The number of amides is 1. The Balaban J connectivity index is 0.00000225. The van der Waals surface area contributed by atoms with Gasteiger partial charge in [-0.2, -0.15) is 0 Å². The van der Waals surface area contributed by atoms with Gasteiger partial charge in [0.1, 0.15) is 18.3 Å². The number of phosphoric acid groups is 1. The molecule has 7 atom stereocenters. The fraction of sp³-hybridized carbons (Fsp3) is 0.500. The van der Waals surface area contributed by atoms with Gasteiger partial charge in [-0.1, -0.05) is 0 Å². The summed E-state index contributed by atoms with van der Waals surface area (Å²) in [6.07, 6.45) is -7.24. The molecule has 1 unspecified atom stereocenters. The van der Waals surface area contributed by atoms with Crippen molar-refractivity contribution in [2.75, 3.05) is 6.79 Å². The zero-order valence-electron chi connectivity index (χ0n) is 14.4. The summed E-state index contributed by atoms with van der Waals surface area (Å²) < 4.78 is 25.9. The molecule has 12 nitrogen and oxygen atoms in total. The van der Waals surface area contributed by atoms with E-state index < -0.39 is 55.9 Å². The number of aliphatic hydroxyl groups excluding tert-OH is 3. The minimum Gasteiger partial charge on any atom is -0.756 e. The second kappa shape index (κ2) is 7.76. The molecule has 1 saturated carbocycles. The number of aromatic hydroxyl groups is 1. The number of hydrogen-bond donors (Lipinski definition) is 6. The third-order valence-electron chi connectivity index (χ3n) is 4.95. The van der Waals surface area contributed by atoms with Crippen LogP contribution in [0.2, 0.25) is 0 Å². The maximum Gasteiger partial charge on any atom is 1.00 e. The Bertz CT molecular complexity index is 860. The third-order valence-corrected chi connectivity index (χ3v) is 5.46. The van der Waals surface area contributed by atoms with Crippen molar-refractivity contribution in [3.8, 4) is 17.2 Å². The molecular weight excluding hydrogens is 428 g/mol. The quantitative estimate of drug-likeness (QED) is 0.188. The van der Waals surface area contributed by atoms with Gasteiger partial charge in [0.15, 0.2) is 11.5 Å². The van der Waals surface area contributed by atoms with Crippen molar-refractivity contribution < 1.29 is 105 Å². The summed E-state index contributed by atoms with van der Waals surface area (Å²) >= 11 is 0. The van der Waals surface area contributed by atoms with Crippen LogP contribution in [0.5, 0.6) is 17.2 Å². The van der Waals surface area contributed by atoms with Gasteiger partial charge in [-0.3, -0.25) is 9.36 Å². The van der Waals surface area contributed by atoms with Gasteiger partial charge in [0, 0.05) is 5.92 Å². The van der Waals surface area contributed by atoms with Gasteiger partial charge >= 0.3 is 51.4 Å². The molecule has 2 heterocycles. The number of ether oxygens (including phenoxy) is 2. The van der Waals surface area contributed by atoms with E-state index in [4.69, 9.17) is 14.4 Å². The first-order valence-electron chi connectivity index (χ1n) is 7.83. The van der Waals surface area contributed by atoms with Crippen LogP contribution in [0.15, 0.2) is 6.07 Å². The molecule has 0 spiro atoms. The normalized spacial score (nSPS) is 35.1. The maximum absolute atomic E-state index is 12.5. The van der Waals surface area contributed by atoms with Crippen LogP contribution in [-0.4, -0.2) is 68.5 Å². The maximum atomic E-state index is 12.5. The van der Waals surface area contributed by atoms with Crippen molar-refractivity contribution in [3.63, 3.8) is 0 Å². The molecular formula is C14H15KNO11P. The predicted octanol–water partition coefficient (Wildman–Crippen LogP) is -5.74. The number of nitrogens with one attached hydrogen (secondary N) is 1. The van der Waals surface area contributed by atoms with Gasteiger partial charge in [0.05, 0.1) is 17.7 Å². The Kier molecular flexibility index (Phi) is 6.21. The Morgan fingerprint density at radius 2 is 1.89 bits per heavy atom. The van der Waals surface area contributed by atoms with E-state index in [1.165, 1.54) is 6.07 Å². The van der Waals surface area contributed by atoms with Gasteiger partial charge in [-0.25, -0.2) is 0 Å². The molecule has 2 aliphatic heterocycles. The number of phosphoric ester groups is 1. The molecule has 3 aliphatic rings. The van der Waals surface area contributed by atoms with Crippen molar-refractivity contribution in [1.82, 2.24) is 5.32 Å². The minimum absolute atomic E-state index is 0. The molecule has 1 fully saturated rings. The molecule has 0 bridgehead atoms. The molecule has 14 heteroatoms. The van der Waals surface area contributed by atoms with E-state index in [1.807, 2.05) is 0 Å². The SMILES string of the molecule is O=C1N[C@H]2[C@H](OP(=O)([O-])O)[C@H](O)[C@@H](O)[C@H](O)[C@@H]2c2cc3c(c(O)c21)OCO3.[K+]. The van der Waals surface area contributed by atoms with Crippen LogP contribution < -0.4 is 71.1 Å². The standard InChI is InChI=1S/C14H16NO11P.K/c16-8-5-3-1-4-12(25-2-24-4)9(17)6(3)14(20)15-7(5)13(11(19)10(8)18)26-27(21,22)23;/h1,5,7-8,10-11,13,16-19H,2H2,(H,15,20)(H2,21,22,23);/q;+1/p-1/t5-,7-,8-,10+,11-,13+;/m1./s1. The van der Waals surface area contributed by atoms with E-state index >= 15 is 0 Å². The van der Waals surface area contributed by atoms with Crippen molar-refractivity contribution in [2.45, 2.75) is 36.4 Å². The first kappa shape index (κ1) is 22.4. The molecule has 6 N–H and O–H groups in total. The van der Waals surface area contributed by atoms with E-state index in [9.17, 15) is 34.7 Å². The second-order valence-electron chi connectivity index (χ2n) is 6.46. The first-order valence-corrected chi connectivity index (χ1v) is 9.32. The third kappa shape index (κ3) is 3.53. The van der Waals surface area contributed by atoms with Crippen molar-refractivity contribution in [3.05, 3.63) is 17.2 Å². The summed E-state index contributed by atoms with van der Waals surface area (Å²) in [5, 5.41) is 43.4. The fourth-order valence-electron chi connectivity index (χ4n) is 3.84. The van der Waals surface area contributed by atoms with Crippen molar-refractivity contribution in [1.29, 1.82) is 0 Å². The fourth-order valence-corrected chi connectivity index (χ4v) is 4.40. The number of fused-ring (bicyclic) bond motifs is 4. The first-order chi connectivity index (χ1) is 12.6. The summed E-state index contributed by atoms with van der Waals surface area (Å²) in [7, 11) is -5.36. The molecule has 1 aromatic rings. The summed E-state index contributed by atoms with van der Waals surface area (Å²) in [6, 6.07) is -0.0265. The molecule has 1 aliphatic carbocycles. The Morgan fingerprint density at radius 3 is 2.54 bits per heavy atom. The smallest absolute Gasteiger partial charge is 0.756 e. The number of phenolic OH excluding ortho intramolecular Hbond substituents is 1. The number of carbonyl (C=O) groups is 1. The van der Waals surface area contributed by atoms with Crippen LogP contribution >= 0.6 is 7.82 Å². The molecule has 1 aromatic carbocycles. The number of benzene rings is 1. The summed E-state index contributed by atoms with van der Waals surface area (Å²) in [5.74, 6) is -2.57. The molecule has 4 rings (SSSR count). The van der Waals surface area contributed by atoms with Gasteiger partial charge in [-0.15, -0.1) is 0 Å². The Hall–Kier alpha value is -0.284. The summed E-state index contributed by atoms with van der Waals surface area (Å²) in [6.45, 7) is -0.207. The zero-order valence-corrected chi connectivity index (χ0v) is 18.4. The molecule has 28 heavy (non-hydrogen) atoms. The Morgan fingerprint density at radius 1 is 1.21 bits per heavy atom. The monoisotopic (exact) mass is 443 g/mol. The van der Waals surface area contributed by atoms with Crippen molar-refractivity contribution >= 4 is 13.7 Å². The van der Waals surface area contributed by atoms with Gasteiger partial charge in [0.2, 0.25) is 12.5 Å². The van der Waals surface area contributed by atoms with Crippen LogP contribution in [-0.2, 0) is 9.09 Å². The number of phenols is 1. The van der Waals surface area contributed by atoms with Gasteiger partial charge in [0.25, 0.3) is 13.7 Å². The number of rotatable bonds is 2. The van der Waals surface area contributed by atoms with E-state index in [2.05, 4.69) is 9.84 Å². The summed E-state index contributed by atoms with van der Waals surface area (Å²) in [4.78, 5) is 32.7. The van der Waals surface area contributed by atoms with E-state index in [0.29, 0.717) is 0 Å². The Labute approximate surface area is 200 Å². The number of hydrogen-bond acceptors (Lipinski definition) is 10.